The maximum Gasteiger partial charge on any atom is 0.262 e. The number of carbonyl (C=O) groups excluding carboxylic acids is 1. The van der Waals surface area contributed by atoms with Crippen molar-refractivity contribution in [1.29, 1.82) is 0 Å². The summed E-state index contributed by atoms with van der Waals surface area (Å²) in [7, 11) is 0. The average Bonchev–Trinajstić information content (AvgIpc) is 2.71. The Bertz CT molecular complexity index is 1050. The van der Waals surface area contributed by atoms with Crippen LogP contribution in [0, 0.1) is 6.92 Å². The highest BCUT2D eigenvalue weighted by molar-refractivity contribution is 7.99. The van der Waals surface area contributed by atoms with Crippen LogP contribution in [0.4, 0.5) is 0 Å². The Hall–Kier alpha value is -2.60. The van der Waals surface area contributed by atoms with Gasteiger partial charge in [-0.15, -0.1) is 0 Å². The molecule has 0 aliphatic heterocycles. The van der Waals surface area contributed by atoms with Crippen LogP contribution in [0.2, 0.25) is 0 Å². The monoisotopic (exact) mass is 395 g/mol. The zero-order valence-electron chi connectivity index (χ0n) is 16.4. The lowest BCUT2D eigenvalue weighted by molar-refractivity contribution is -0.118. The van der Waals surface area contributed by atoms with Crippen molar-refractivity contribution in [2.75, 3.05) is 5.75 Å². The second-order valence-corrected chi connectivity index (χ2v) is 7.78. The molecule has 6 heteroatoms. The molecular weight excluding hydrogens is 370 g/mol. The van der Waals surface area contributed by atoms with Crippen LogP contribution in [0.3, 0.4) is 0 Å². The molecular formula is C22H25N3O2S. The highest BCUT2D eigenvalue weighted by atomic mass is 32.2. The lowest BCUT2D eigenvalue weighted by Crippen LogP contribution is -2.28. The Morgan fingerprint density at radius 2 is 1.89 bits per heavy atom. The first-order chi connectivity index (χ1) is 13.5. The van der Waals surface area contributed by atoms with Crippen molar-refractivity contribution in [3.63, 3.8) is 0 Å². The zero-order chi connectivity index (χ0) is 20.1. The molecule has 28 heavy (non-hydrogen) atoms. The number of carbonyl (C=O) groups is 1. The third-order valence-electron chi connectivity index (χ3n) is 4.88. The van der Waals surface area contributed by atoms with E-state index in [0.29, 0.717) is 22.6 Å². The molecule has 5 nitrogen and oxygen atoms in total. The highest BCUT2D eigenvalue weighted by Crippen LogP contribution is 2.22. The molecule has 0 radical (unpaired) electrons. The molecule has 3 rings (SSSR count). The van der Waals surface area contributed by atoms with Crippen molar-refractivity contribution >= 4 is 28.6 Å². The quantitative estimate of drug-likeness (QED) is 0.484. The minimum absolute atomic E-state index is 0.0159. The standard InChI is InChI=1S/C22H25N3O2S/c1-4-16(3)25-21(27)18-11-7-8-12-19(18)24-22(25)28-14-20(26)23-13-17-10-6-5-9-15(17)2/h5-12,16H,4,13-14H2,1-3H3,(H,23,26)/t16-/m0/s1. The Kier molecular flexibility index (Phi) is 6.52. The summed E-state index contributed by atoms with van der Waals surface area (Å²) in [5, 5.41) is 4.14. The van der Waals surface area contributed by atoms with Crippen LogP contribution >= 0.6 is 11.8 Å². The van der Waals surface area contributed by atoms with Crippen LogP contribution in [0.1, 0.15) is 37.4 Å². The molecule has 1 aromatic heterocycles. The van der Waals surface area contributed by atoms with Crippen molar-refractivity contribution in [3.8, 4) is 0 Å². The first-order valence-electron chi connectivity index (χ1n) is 9.46. The Morgan fingerprint density at radius 3 is 2.64 bits per heavy atom. The van der Waals surface area contributed by atoms with Gasteiger partial charge in [-0.05, 0) is 43.5 Å². The van der Waals surface area contributed by atoms with Crippen molar-refractivity contribution in [2.24, 2.45) is 0 Å². The van der Waals surface area contributed by atoms with E-state index in [9.17, 15) is 9.59 Å². The van der Waals surface area contributed by atoms with Crippen molar-refractivity contribution in [2.45, 2.75) is 44.9 Å². The molecule has 0 aliphatic rings. The summed E-state index contributed by atoms with van der Waals surface area (Å²) in [6.07, 6.45) is 0.812. The van der Waals surface area contributed by atoms with Gasteiger partial charge in [-0.3, -0.25) is 14.2 Å². The number of hydrogen-bond acceptors (Lipinski definition) is 4. The van der Waals surface area contributed by atoms with E-state index in [1.165, 1.54) is 11.8 Å². The van der Waals surface area contributed by atoms with E-state index in [2.05, 4.69) is 10.3 Å². The number of amides is 1. The number of thioether (sulfide) groups is 1. The number of aryl methyl sites for hydroxylation is 1. The van der Waals surface area contributed by atoms with Crippen molar-refractivity contribution < 1.29 is 4.79 Å². The van der Waals surface area contributed by atoms with Crippen LogP contribution in [-0.2, 0) is 11.3 Å². The highest BCUT2D eigenvalue weighted by Gasteiger charge is 2.16. The van der Waals surface area contributed by atoms with Gasteiger partial charge in [0.25, 0.3) is 5.56 Å². The van der Waals surface area contributed by atoms with Crippen molar-refractivity contribution in [1.82, 2.24) is 14.9 Å². The molecule has 0 spiro atoms. The Morgan fingerprint density at radius 1 is 1.18 bits per heavy atom. The minimum atomic E-state index is -0.0774. The number of nitrogens with one attached hydrogen (secondary N) is 1. The number of nitrogens with zero attached hydrogens (tertiary/aromatic N) is 2. The predicted octanol–water partition coefficient (Wildman–Crippen LogP) is 4.08. The molecule has 146 valence electrons. The summed E-state index contributed by atoms with van der Waals surface area (Å²) in [5.41, 5.74) is 2.86. The van der Waals surface area contributed by atoms with Gasteiger partial charge in [0.05, 0.1) is 16.7 Å². The van der Waals surface area contributed by atoms with E-state index in [4.69, 9.17) is 0 Å². The number of benzene rings is 2. The smallest absolute Gasteiger partial charge is 0.262 e. The van der Waals surface area contributed by atoms with E-state index in [0.717, 1.165) is 17.5 Å². The molecule has 2 aromatic carbocycles. The number of para-hydroxylation sites is 1. The molecule has 1 N–H and O–H groups in total. The molecule has 1 amide bonds. The van der Waals surface area contributed by atoms with Gasteiger partial charge in [0, 0.05) is 12.6 Å². The fourth-order valence-corrected chi connectivity index (χ4v) is 3.91. The molecule has 0 unspecified atom stereocenters. The summed E-state index contributed by atoms with van der Waals surface area (Å²) in [4.78, 5) is 30.0. The zero-order valence-corrected chi connectivity index (χ0v) is 17.3. The predicted molar refractivity (Wildman–Crippen MR) is 115 cm³/mol. The fraction of sp³-hybridized carbons (Fsp3) is 0.318. The van der Waals surface area contributed by atoms with Crippen LogP contribution in [0.25, 0.3) is 10.9 Å². The van der Waals surface area contributed by atoms with Gasteiger partial charge in [-0.2, -0.15) is 0 Å². The molecule has 3 aromatic rings. The first kappa shape index (κ1) is 20.1. The Balaban J connectivity index is 1.77. The van der Waals surface area contributed by atoms with Gasteiger partial charge in [-0.1, -0.05) is 55.1 Å². The maximum atomic E-state index is 13.0. The molecule has 0 saturated carbocycles. The van der Waals surface area contributed by atoms with Gasteiger partial charge < -0.3 is 5.32 Å². The summed E-state index contributed by atoms with van der Waals surface area (Å²) in [6.45, 7) is 6.56. The second kappa shape index (κ2) is 9.06. The van der Waals surface area contributed by atoms with E-state index >= 15 is 0 Å². The van der Waals surface area contributed by atoms with Crippen LogP contribution in [0.15, 0.2) is 58.5 Å². The van der Waals surface area contributed by atoms with Gasteiger partial charge in [0.15, 0.2) is 5.16 Å². The number of rotatable bonds is 7. The average molecular weight is 396 g/mol. The minimum Gasteiger partial charge on any atom is -0.351 e. The van der Waals surface area contributed by atoms with Crippen LogP contribution in [-0.4, -0.2) is 21.2 Å². The molecule has 1 heterocycles. The number of aromatic nitrogens is 2. The molecule has 0 aliphatic carbocycles. The summed E-state index contributed by atoms with van der Waals surface area (Å²) >= 11 is 1.31. The Labute approximate surface area is 169 Å². The van der Waals surface area contributed by atoms with Crippen LogP contribution < -0.4 is 10.9 Å². The first-order valence-corrected chi connectivity index (χ1v) is 10.4. The maximum absolute atomic E-state index is 13.0. The largest absolute Gasteiger partial charge is 0.351 e. The normalized spacial score (nSPS) is 12.1. The molecule has 0 saturated heterocycles. The van der Waals surface area contributed by atoms with Gasteiger partial charge in [0.2, 0.25) is 5.91 Å². The van der Waals surface area contributed by atoms with E-state index < -0.39 is 0 Å². The van der Waals surface area contributed by atoms with Gasteiger partial charge in [-0.25, -0.2) is 4.98 Å². The molecule has 0 bridgehead atoms. The van der Waals surface area contributed by atoms with E-state index in [1.807, 2.05) is 63.2 Å². The second-order valence-electron chi connectivity index (χ2n) is 6.84. The third-order valence-corrected chi connectivity index (χ3v) is 5.83. The number of fused-ring (bicyclic) bond motifs is 1. The molecule has 0 fully saturated rings. The summed E-state index contributed by atoms with van der Waals surface area (Å²) in [6, 6.07) is 15.3. The topological polar surface area (TPSA) is 64.0 Å². The number of hydrogen-bond donors (Lipinski definition) is 1. The third kappa shape index (κ3) is 4.44. The van der Waals surface area contributed by atoms with E-state index in [1.54, 1.807) is 10.6 Å². The lowest BCUT2D eigenvalue weighted by atomic mass is 10.1. The summed E-state index contributed by atoms with van der Waals surface area (Å²) < 4.78 is 1.71. The van der Waals surface area contributed by atoms with Gasteiger partial charge in [0.1, 0.15) is 0 Å². The fourth-order valence-electron chi connectivity index (χ4n) is 2.98. The summed E-state index contributed by atoms with van der Waals surface area (Å²) in [5.74, 6) is 0.138. The SMILES string of the molecule is CC[C@H](C)n1c(SCC(=O)NCc2ccccc2C)nc2ccccc2c1=O. The lowest BCUT2D eigenvalue weighted by Gasteiger charge is -2.18. The molecule has 1 atom stereocenters. The van der Waals surface area contributed by atoms with Crippen LogP contribution in [0.5, 0.6) is 0 Å². The van der Waals surface area contributed by atoms with Gasteiger partial charge >= 0.3 is 0 Å². The van der Waals surface area contributed by atoms with Crippen molar-refractivity contribution in [3.05, 3.63) is 70.0 Å². The van der Waals surface area contributed by atoms with E-state index in [-0.39, 0.29) is 23.3 Å².